The van der Waals surface area contributed by atoms with Gasteiger partial charge in [-0.25, -0.2) is 8.42 Å². The third-order valence-corrected chi connectivity index (χ3v) is 7.70. The van der Waals surface area contributed by atoms with Crippen molar-refractivity contribution in [3.63, 3.8) is 0 Å². The Morgan fingerprint density at radius 1 is 1.23 bits per heavy atom. The van der Waals surface area contributed by atoms with Gasteiger partial charge in [-0.15, -0.1) is 0 Å². The highest BCUT2D eigenvalue weighted by atomic mass is 35.5. The lowest BCUT2D eigenvalue weighted by atomic mass is 10.1. The van der Waals surface area contributed by atoms with E-state index in [1.165, 1.54) is 11.8 Å². The van der Waals surface area contributed by atoms with Crippen LogP contribution in [0.5, 0.6) is 0 Å². The van der Waals surface area contributed by atoms with Crippen molar-refractivity contribution in [3.8, 4) is 0 Å². The lowest BCUT2D eigenvalue weighted by Gasteiger charge is -2.24. The summed E-state index contributed by atoms with van der Waals surface area (Å²) in [5, 5.41) is 11.4. The second kappa shape index (κ2) is 7.58. The highest BCUT2D eigenvalue weighted by molar-refractivity contribution is 8.15. The van der Waals surface area contributed by atoms with Crippen molar-refractivity contribution in [2.45, 2.75) is 30.7 Å². The van der Waals surface area contributed by atoms with Gasteiger partial charge in [-0.2, -0.15) is 4.99 Å². The first-order valence-electron chi connectivity index (χ1n) is 7.93. The first-order valence-corrected chi connectivity index (χ1v) is 11.0. The molecule has 1 aromatic carbocycles. The van der Waals surface area contributed by atoms with Crippen molar-refractivity contribution in [2.24, 2.45) is 4.99 Å². The lowest BCUT2D eigenvalue weighted by molar-refractivity contribution is -0.305. The molecule has 0 N–H and O–H groups in total. The van der Waals surface area contributed by atoms with Crippen LogP contribution < -0.4 is 5.11 Å². The van der Waals surface area contributed by atoms with Crippen LogP contribution >= 0.6 is 23.4 Å². The molecule has 1 aromatic rings. The smallest absolute Gasteiger partial charge is 0.248 e. The number of amides is 1. The topological polar surface area (TPSA) is 107 Å². The third-order valence-electron chi connectivity index (χ3n) is 4.20. The number of halogens is 1. The van der Waals surface area contributed by atoms with E-state index in [2.05, 4.69) is 4.99 Å². The molecule has 0 radical (unpaired) electrons. The molecule has 0 aromatic heterocycles. The van der Waals surface area contributed by atoms with Gasteiger partial charge < -0.3 is 14.8 Å². The van der Waals surface area contributed by atoms with E-state index in [1.807, 2.05) is 17.0 Å². The Kier molecular flexibility index (Phi) is 5.59. The number of thioether (sulfide) groups is 1. The average Bonchev–Trinajstić information content (AvgIpc) is 3.00. The largest absolute Gasteiger partial charge is 0.550 e. The fraction of sp³-hybridized carbons (Fsp3) is 0.438. The van der Waals surface area contributed by atoms with Gasteiger partial charge in [0, 0.05) is 29.2 Å². The average molecular weight is 416 g/mol. The van der Waals surface area contributed by atoms with Crippen LogP contribution in [0.3, 0.4) is 0 Å². The van der Waals surface area contributed by atoms with Gasteiger partial charge in [-0.3, -0.25) is 4.79 Å². The van der Waals surface area contributed by atoms with E-state index in [-0.39, 0.29) is 29.2 Å². The molecule has 2 heterocycles. The van der Waals surface area contributed by atoms with Crippen molar-refractivity contribution in [1.29, 1.82) is 0 Å². The van der Waals surface area contributed by atoms with Gasteiger partial charge in [0.2, 0.25) is 5.91 Å². The predicted octanol–water partition coefficient (Wildman–Crippen LogP) is 0.467. The van der Waals surface area contributed by atoms with Gasteiger partial charge in [0.05, 0.1) is 17.5 Å². The minimum atomic E-state index is -3.12. The zero-order valence-electron chi connectivity index (χ0n) is 13.6. The molecule has 3 rings (SSSR count). The molecule has 2 atom stereocenters. The van der Waals surface area contributed by atoms with E-state index in [4.69, 9.17) is 11.6 Å². The van der Waals surface area contributed by atoms with Crippen LogP contribution in [-0.2, 0) is 26.0 Å². The second-order valence-electron chi connectivity index (χ2n) is 6.22. The maximum atomic E-state index is 12.0. The molecule has 0 saturated carbocycles. The maximum absolute atomic E-state index is 12.0. The summed E-state index contributed by atoms with van der Waals surface area (Å²) in [6, 6.07) is 6.89. The van der Waals surface area contributed by atoms with Gasteiger partial charge in [0.15, 0.2) is 15.0 Å². The van der Waals surface area contributed by atoms with Gasteiger partial charge in [-0.05, 0) is 24.1 Å². The number of carboxylic acids is 1. The minimum absolute atomic E-state index is 0.0184. The Balaban J connectivity index is 1.82. The van der Waals surface area contributed by atoms with Crippen molar-refractivity contribution < 1.29 is 23.1 Å². The number of fused-ring (bicyclic) bond motifs is 1. The van der Waals surface area contributed by atoms with Crippen molar-refractivity contribution in [2.75, 3.05) is 11.5 Å². The minimum Gasteiger partial charge on any atom is -0.550 e. The molecule has 0 bridgehead atoms. The monoisotopic (exact) mass is 415 g/mol. The second-order valence-corrected chi connectivity index (χ2v) is 10.0. The van der Waals surface area contributed by atoms with E-state index in [0.717, 1.165) is 5.56 Å². The zero-order chi connectivity index (χ0) is 18.9. The summed E-state index contributed by atoms with van der Waals surface area (Å²) in [5.74, 6) is -1.80. The van der Waals surface area contributed by atoms with Crippen LogP contribution in [0.2, 0.25) is 5.02 Å². The summed E-state index contributed by atoms with van der Waals surface area (Å²) in [5.41, 5.74) is 0.912. The van der Waals surface area contributed by atoms with E-state index >= 15 is 0 Å². The van der Waals surface area contributed by atoms with Crippen LogP contribution in [0.15, 0.2) is 29.3 Å². The molecule has 2 aliphatic rings. The number of aliphatic imine (C=N–C) groups is 1. The molecule has 0 unspecified atom stereocenters. The molecule has 26 heavy (non-hydrogen) atoms. The summed E-state index contributed by atoms with van der Waals surface area (Å²) in [6.07, 6.45) is -0.631. The molecule has 7 nitrogen and oxygen atoms in total. The molecular formula is C16H16ClN2O5S2-. The first-order chi connectivity index (χ1) is 12.2. The Labute approximate surface area is 160 Å². The number of carbonyl (C=O) groups excluding carboxylic acids is 2. The molecule has 0 spiro atoms. The van der Waals surface area contributed by atoms with Crippen LogP contribution in [0.1, 0.15) is 18.4 Å². The number of carboxylic acid groups (broad SMARTS) is 1. The number of rotatable bonds is 5. The number of aliphatic carboxylic acids is 1. The molecule has 2 aliphatic heterocycles. The van der Waals surface area contributed by atoms with Gasteiger partial charge in [-0.1, -0.05) is 35.5 Å². The van der Waals surface area contributed by atoms with Crippen LogP contribution in [-0.4, -0.2) is 53.2 Å². The van der Waals surface area contributed by atoms with Crippen LogP contribution in [0, 0.1) is 0 Å². The summed E-state index contributed by atoms with van der Waals surface area (Å²) < 4.78 is 23.9. The quantitative estimate of drug-likeness (QED) is 0.687. The van der Waals surface area contributed by atoms with Crippen LogP contribution in [0.4, 0.5) is 0 Å². The van der Waals surface area contributed by atoms with E-state index in [0.29, 0.717) is 16.7 Å². The number of amidine groups is 1. The number of hydrogen-bond acceptors (Lipinski definition) is 6. The van der Waals surface area contributed by atoms with Gasteiger partial charge >= 0.3 is 0 Å². The van der Waals surface area contributed by atoms with Gasteiger partial charge in [0.25, 0.3) is 0 Å². The Morgan fingerprint density at radius 2 is 1.92 bits per heavy atom. The maximum Gasteiger partial charge on any atom is 0.248 e. The third kappa shape index (κ3) is 4.57. The van der Waals surface area contributed by atoms with Crippen molar-refractivity contribution in [3.05, 3.63) is 34.9 Å². The van der Waals surface area contributed by atoms with Crippen molar-refractivity contribution in [1.82, 2.24) is 4.90 Å². The summed E-state index contributed by atoms with van der Waals surface area (Å²) in [7, 11) is -3.12. The fourth-order valence-electron chi connectivity index (χ4n) is 2.98. The molecule has 0 aliphatic carbocycles. The van der Waals surface area contributed by atoms with Crippen LogP contribution in [0.25, 0.3) is 0 Å². The Morgan fingerprint density at radius 3 is 2.58 bits per heavy atom. The number of hydrogen-bond donors (Lipinski definition) is 0. The summed E-state index contributed by atoms with van der Waals surface area (Å²) in [6.45, 7) is 0.396. The van der Waals surface area contributed by atoms with Crippen molar-refractivity contribution >= 4 is 50.2 Å². The summed E-state index contributed by atoms with van der Waals surface area (Å²) >= 11 is 7.16. The lowest BCUT2D eigenvalue weighted by Crippen LogP contribution is -2.37. The Hall–Kier alpha value is -1.58. The molecule has 10 heteroatoms. The van der Waals surface area contributed by atoms with E-state index < -0.39 is 28.1 Å². The fourth-order valence-corrected chi connectivity index (χ4v) is 7.07. The number of carbonyl (C=O) groups is 2. The summed E-state index contributed by atoms with van der Waals surface area (Å²) in [4.78, 5) is 28.3. The molecule has 2 saturated heterocycles. The molecule has 2 fully saturated rings. The Bertz CT molecular complexity index is 854. The number of benzene rings is 1. The highest BCUT2D eigenvalue weighted by Crippen LogP contribution is 2.39. The zero-order valence-corrected chi connectivity index (χ0v) is 16.0. The standard InChI is InChI=1S/C16H17ClN2O5S2/c17-11-3-1-10(2-4-11)7-19-12-8-26(23,24)9-13(12)25-16(19)18-14(20)5-6-15(21)22/h1-4,12-13H,5-9H2,(H,21,22)/p-1/t12-,13+/m0/s1. The SMILES string of the molecule is O=C([O-])CCC(=O)N=C1S[C@@H]2CS(=O)(=O)C[C@@H]2N1Cc1ccc(Cl)cc1. The highest BCUT2D eigenvalue weighted by Gasteiger charge is 2.48. The normalized spacial score (nSPS) is 25.4. The van der Waals surface area contributed by atoms with E-state index in [1.54, 1.807) is 12.1 Å². The molecular weight excluding hydrogens is 400 g/mol. The van der Waals surface area contributed by atoms with E-state index in [9.17, 15) is 23.1 Å². The number of sulfone groups is 1. The molecule has 1 amide bonds. The predicted molar refractivity (Wildman–Crippen MR) is 97.5 cm³/mol. The first kappa shape index (κ1) is 19.2. The van der Waals surface area contributed by atoms with Gasteiger partial charge in [0.1, 0.15) is 0 Å². The molecule has 140 valence electrons. The number of nitrogens with zero attached hydrogens (tertiary/aromatic N) is 2.